The maximum atomic E-state index is 6.06. The van der Waals surface area contributed by atoms with Gasteiger partial charge in [0.05, 0.1) is 0 Å². The Kier molecular flexibility index (Phi) is 4.66. The lowest BCUT2D eigenvalue weighted by atomic mass is 9.91. The van der Waals surface area contributed by atoms with Crippen molar-refractivity contribution in [3.63, 3.8) is 0 Å². The van der Waals surface area contributed by atoms with Gasteiger partial charge >= 0.3 is 0 Å². The zero-order valence-electron chi connectivity index (χ0n) is 12.9. The van der Waals surface area contributed by atoms with Gasteiger partial charge in [-0.1, -0.05) is 25.8 Å². The van der Waals surface area contributed by atoms with Crippen LogP contribution < -0.4 is 15.2 Å². The molecule has 3 rings (SSSR count). The first-order valence-corrected chi connectivity index (χ1v) is 8.15. The van der Waals surface area contributed by atoms with Crippen LogP contribution in [0.4, 0.5) is 0 Å². The van der Waals surface area contributed by atoms with Crippen molar-refractivity contribution >= 4 is 0 Å². The second kappa shape index (κ2) is 6.67. The minimum absolute atomic E-state index is 0.294. The fourth-order valence-electron chi connectivity index (χ4n) is 3.58. The second-order valence-corrected chi connectivity index (χ2v) is 6.13. The highest BCUT2D eigenvalue weighted by Crippen LogP contribution is 2.36. The van der Waals surface area contributed by atoms with Crippen molar-refractivity contribution in [1.82, 2.24) is 4.90 Å². The minimum Gasteiger partial charge on any atom is -0.454 e. The van der Waals surface area contributed by atoms with E-state index >= 15 is 0 Å². The highest BCUT2D eigenvalue weighted by Gasteiger charge is 2.26. The molecule has 1 unspecified atom stereocenters. The predicted molar refractivity (Wildman–Crippen MR) is 83.6 cm³/mol. The number of benzene rings is 1. The molecule has 0 amide bonds. The average molecular weight is 290 g/mol. The minimum atomic E-state index is 0.294. The van der Waals surface area contributed by atoms with Gasteiger partial charge < -0.3 is 15.2 Å². The SMILES string of the molecule is CCCC1CCN(C(CN)c2ccc3c(c2)OCO3)CC1. The molecule has 0 saturated carbocycles. The van der Waals surface area contributed by atoms with Crippen LogP contribution in [0.25, 0.3) is 0 Å². The van der Waals surface area contributed by atoms with Gasteiger partial charge in [-0.15, -0.1) is 0 Å². The molecule has 0 aliphatic carbocycles. The fourth-order valence-corrected chi connectivity index (χ4v) is 3.58. The predicted octanol–water partition coefficient (Wildman–Crippen LogP) is 2.93. The maximum Gasteiger partial charge on any atom is 0.231 e. The van der Waals surface area contributed by atoms with E-state index in [1.54, 1.807) is 0 Å². The van der Waals surface area contributed by atoms with Gasteiger partial charge in [-0.3, -0.25) is 4.90 Å². The largest absolute Gasteiger partial charge is 0.454 e. The van der Waals surface area contributed by atoms with Gasteiger partial charge in [0.15, 0.2) is 11.5 Å². The number of nitrogens with two attached hydrogens (primary N) is 1. The summed E-state index contributed by atoms with van der Waals surface area (Å²) in [4.78, 5) is 2.53. The normalized spacial score (nSPS) is 20.7. The van der Waals surface area contributed by atoms with Crippen LogP contribution in [0.3, 0.4) is 0 Å². The van der Waals surface area contributed by atoms with Crippen molar-refractivity contribution in [2.75, 3.05) is 26.4 Å². The number of piperidine rings is 1. The maximum absolute atomic E-state index is 6.06. The third-order valence-electron chi connectivity index (χ3n) is 4.79. The van der Waals surface area contributed by atoms with Crippen LogP contribution in [-0.2, 0) is 0 Å². The van der Waals surface area contributed by atoms with E-state index in [-0.39, 0.29) is 0 Å². The Hall–Kier alpha value is -1.26. The lowest BCUT2D eigenvalue weighted by Gasteiger charge is -2.37. The smallest absolute Gasteiger partial charge is 0.231 e. The Labute approximate surface area is 127 Å². The van der Waals surface area contributed by atoms with E-state index in [1.807, 2.05) is 6.07 Å². The molecule has 1 saturated heterocycles. The molecule has 0 aromatic heterocycles. The third kappa shape index (κ3) is 3.16. The summed E-state index contributed by atoms with van der Waals surface area (Å²) in [6, 6.07) is 6.52. The fraction of sp³-hybridized carbons (Fsp3) is 0.647. The van der Waals surface area contributed by atoms with E-state index in [1.165, 1.54) is 31.2 Å². The summed E-state index contributed by atoms with van der Waals surface area (Å²) in [5.41, 5.74) is 7.31. The summed E-state index contributed by atoms with van der Waals surface area (Å²) in [5, 5.41) is 0. The number of hydrogen-bond acceptors (Lipinski definition) is 4. The Bertz CT molecular complexity index is 470. The topological polar surface area (TPSA) is 47.7 Å². The van der Waals surface area contributed by atoms with Gasteiger partial charge in [-0.25, -0.2) is 0 Å². The number of fused-ring (bicyclic) bond motifs is 1. The average Bonchev–Trinajstić information content (AvgIpc) is 2.98. The lowest BCUT2D eigenvalue weighted by Crippen LogP contribution is -2.39. The van der Waals surface area contributed by atoms with E-state index in [4.69, 9.17) is 15.2 Å². The van der Waals surface area contributed by atoms with Crippen molar-refractivity contribution in [3.05, 3.63) is 23.8 Å². The summed E-state index contributed by atoms with van der Waals surface area (Å²) < 4.78 is 10.9. The zero-order valence-corrected chi connectivity index (χ0v) is 12.9. The number of hydrogen-bond donors (Lipinski definition) is 1. The first kappa shape index (κ1) is 14.7. The highest BCUT2D eigenvalue weighted by molar-refractivity contribution is 5.45. The molecule has 4 heteroatoms. The number of ether oxygens (including phenoxy) is 2. The molecule has 4 nitrogen and oxygen atoms in total. The molecule has 2 aliphatic rings. The quantitative estimate of drug-likeness (QED) is 0.906. The van der Waals surface area contributed by atoms with Crippen LogP contribution in [0, 0.1) is 5.92 Å². The van der Waals surface area contributed by atoms with E-state index < -0.39 is 0 Å². The Morgan fingerprint density at radius 2 is 2.00 bits per heavy atom. The summed E-state index contributed by atoms with van der Waals surface area (Å²) >= 11 is 0. The number of rotatable bonds is 5. The molecule has 1 aromatic carbocycles. The molecule has 2 heterocycles. The van der Waals surface area contributed by atoms with E-state index in [9.17, 15) is 0 Å². The molecule has 1 aromatic rings. The molecular weight excluding hydrogens is 264 g/mol. The molecule has 0 radical (unpaired) electrons. The summed E-state index contributed by atoms with van der Waals surface area (Å²) in [6.07, 6.45) is 5.27. The van der Waals surface area contributed by atoms with Crippen LogP contribution in [0.2, 0.25) is 0 Å². The van der Waals surface area contributed by atoms with E-state index in [0.29, 0.717) is 19.4 Å². The molecule has 1 atom stereocenters. The van der Waals surface area contributed by atoms with Gasteiger partial charge in [-0.2, -0.15) is 0 Å². The van der Waals surface area contributed by atoms with Gasteiger partial charge in [-0.05, 0) is 49.5 Å². The van der Waals surface area contributed by atoms with Crippen LogP contribution in [0.5, 0.6) is 11.5 Å². The van der Waals surface area contributed by atoms with Crippen LogP contribution in [-0.4, -0.2) is 31.3 Å². The van der Waals surface area contributed by atoms with Crippen molar-refractivity contribution in [2.24, 2.45) is 11.7 Å². The monoisotopic (exact) mass is 290 g/mol. The molecule has 2 N–H and O–H groups in total. The van der Waals surface area contributed by atoms with Gasteiger partial charge in [0.25, 0.3) is 0 Å². The Morgan fingerprint density at radius 1 is 1.24 bits per heavy atom. The van der Waals surface area contributed by atoms with Crippen molar-refractivity contribution in [3.8, 4) is 11.5 Å². The van der Waals surface area contributed by atoms with Crippen molar-refractivity contribution in [2.45, 2.75) is 38.6 Å². The van der Waals surface area contributed by atoms with Crippen molar-refractivity contribution < 1.29 is 9.47 Å². The van der Waals surface area contributed by atoms with Crippen LogP contribution in [0.1, 0.15) is 44.2 Å². The molecule has 0 bridgehead atoms. The first-order chi connectivity index (χ1) is 10.3. The number of nitrogens with zero attached hydrogens (tertiary/aromatic N) is 1. The summed E-state index contributed by atoms with van der Waals surface area (Å²) in [6.45, 7) is 5.57. The molecular formula is C17H26N2O2. The highest BCUT2D eigenvalue weighted by atomic mass is 16.7. The first-order valence-electron chi connectivity index (χ1n) is 8.15. The summed E-state index contributed by atoms with van der Waals surface area (Å²) in [5.74, 6) is 2.60. The molecule has 1 fully saturated rings. The lowest BCUT2D eigenvalue weighted by molar-refractivity contribution is 0.131. The van der Waals surface area contributed by atoms with Gasteiger partial charge in [0.2, 0.25) is 6.79 Å². The molecule has 0 spiro atoms. The van der Waals surface area contributed by atoms with Gasteiger partial charge in [0, 0.05) is 12.6 Å². The second-order valence-electron chi connectivity index (χ2n) is 6.13. The molecule has 116 valence electrons. The zero-order chi connectivity index (χ0) is 14.7. The number of likely N-dealkylation sites (tertiary alicyclic amines) is 1. The summed E-state index contributed by atoms with van der Waals surface area (Å²) in [7, 11) is 0. The standard InChI is InChI=1S/C17H26N2O2/c1-2-3-13-6-8-19(9-7-13)15(11-18)14-4-5-16-17(10-14)21-12-20-16/h4-5,10,13,15H,2-3,6-9,11-12,18H2,1H3. The Morgan fingerprint density at radius 3 is 2.71 bits per heavy atom. The van der Waals surface area contributed by atoms with Crippen LogP contribution >= 0.6 is 0 Å². The molecule has 2 aliphatic heterocycles. The van der Waals surface area contributed by atoms with E-state index in [0.717, 1.165) is 30.5 Å². The van der Waals surface area contributed by atoms with Crippen molar-refractivity contribution in [1.29, 1.82) is 0 Å². The Balaban J connectivity index is 1.68. The third-order valence-corrected chi connectivity index (χ3v) is 4.79. The van der Waals surface area contributed by atoms with E-state index in [2.05, 4.69) is 24.0 Å². The van der Waals surface area contributed by atoms with Crippen LogP contribution in [0.15, 0.2) is 18.2 Å². The van der Waals surface area contributed by atoms with Gasteiger partial charge in [0.1, 0.15) is 0 Å². The molecule has 21 heavy (non-hydrogen) atoms.